The van der Waals surface area contributed by atoms with Gasteiger partial charge in [-0.1, -0.05) is 36.4 Å². The molecule has 1 N–H and O–H groups in total. The summed E-state index contributed by atoms with van der Waals surface area (Å²) in [5, 5.41) is 7.12. The number of benzene rings is 1. The standard InChI is InChI=1S/C18H16N2O3S2/c1-12(15-8-5-9-24-15)19-16(21)10-23-18(22)14-11-25-17(20-14)13-6-3-2-4-7-13/h2-9,11-12H,10H2,1H3,(H,19,21)/t12-/m1/s1. The van der Waals surface area contributed by atoms with Gasteiger partial charge in [0.1, 0.15) is 5.01 Å². The fourth-order valence-electron chi connectivity index (χ4n) is 2.18. The molecule has 128 valence electrons. The minimum atomic E-state index is -0.600. The second kappa shape index (κ2) is 8.04. The van der Waals surface area contributed by atoms with Crippen LogP contribution in [0.25, 0.3) is 10.6 Å². The third kappa shape index (κ3) is 4.52. The van der Waals surface area contributed by atoms with Crippen LogP contribution < -0.4 is 5.32 Å². The number of carbonyl (C=O) groups is 2. The maximum Gasteiger partial charge on any atom is 0.358 e. The number of hydrogen-bond donors (Lipinski definition) is 1. The molecule has 5 nitrogen and oxygen atoms in total. The molecule has 3 rings (SSSR count). The van der Waals surface area contributed by atoms with Crippen molar-refractivity contribution in [2.24, 2.45) is 0 Å². The minimum Gasteiger partial charge on any atom is -0.451 e. The zero-order valence-corrected chi connectivity index (χ0v) is 15.1. The first-order chi connectivity index (χ1) is 12.1. The maximum absolute atomic E-state index is 12.1. The van der Waals surface area contributed by atoms with E-state index in [0.717, 1.165) is 15.4 Å². The predicted octanol–water partition coefficient (Wildman–Crippen LogP) is 3.91. The van der Waals surface area contributed by atoms with Crippen LogP contribution in [0.3, 0.4) is 0 Å². The van der Waals surface area contributed by atoms with Crippen molar-refractivity contribution in [3.05, 3.63) is 63.8 Å². The summed E-state index contributed by atoms with van der Waals surface area (Å²) >= 11 is 2.93. The van der Waals surface area contributed by atoms with Gasteiger partial charge in [0.2, 0.25) is 0 Å². The van der Waals surface area contributed by atoms with Gasteiger partial charge >= 0.3 is 5.97 Å². The van der Waals surface area contributed by atoms with E-state index in [2.05, 4.69) is 10.3 Å². The third-order valence-corrected chi connectivity index (χ3v) is 5.36. The van der Waals surface area contributed by atoms with E-state index in [1.54, 1.807) is 16.7 Å². The Hall–Kier alpha value is -2.51. The van der Waals surface area contributed by atoms with Crippen molar-refractivity contribution in [2.45, 2.75) is 13.0 Å². The highest BCUT2D eigenvalue weighted by Gasteiger charge is 2.16. The van der Waals surface area contributed by atoms with Crippen molar-refractivity contribution in [2.75, 3.05) is 6.61 Å². The maximum atomic E-state index is 12.1. The number of ether oxygens (including phenoxy) is 1. The minimum absolute atomic E-state index is 0.116. The zero-order chi connectivity index (χ0) is 17.6. The fraction of sp³-hybridized carbons (Fsp3) is 0.167. The van der Waals surface area contributed by atoms with Crippen molar-refractivity contribution < 1.29 is 14.3 Å². The number of thiazole rings is 1. The number of rotatable bonds is 6. The first-order valence-electron chi connectivity index (χ1n) is 7.64. The predicted molar refractivity (Wildman–Crippen MR) is 98.7 cm³/mol. The van der Waals surface area contributed by atoms with Crippen molar-refractivity contribution >= 4 is 34.6 Å². The molecule has 3 aromatic rings. The summed E-state index contributed by atoms with van der Waals surface area (Å²) in [4.78, 5) is 29.3. The fourth-order valence-corrected chi connectivity index (χ4v) is 3.71. The Balaban J connectivity index is 1.52. The van der Waals surface area contributed by atoms with Gasteiger partial charge in [0.25, 0.3) is 5.91 Å². The van der Waals surface area contributed by atoms with Crippen LogP contribution in [0.5, 0.6) is 0 Å². The Bertz CT molecular complexity index is 844. The molecule has 0 aliphatic carbocycles. The van der Waals surface area contributed by atoms with Crippen molar-refractivity contribution in [3.8, 4) is 10.6 Å². The van der Waals surface area contributed by atoms with Gasteiger partial charge in [0.15, 0.2) is 12.3 Å². The molecule has 0 spiro atoms. The van der Waals surface area contributed by atoms with Gasteiger partial charge in [-0.25, -0.2) is 9.78 Å². The number of carbonyl (C=O) groups excluding carboxylic acids is 2. The van der Waals surface area contributed by atoms with Gasteiger partial charge in [-0.2, -0.15) is 0 Å². The van der Waals surface area contributed by atoms with E-state index in [1.807, 2.05) is 54.8 Å². The smallest absolute Gasteiger partial charge is 0.358 e. The molecular formula is C18H16N2O3S2. The Morgan fingerprint density at radius 3 is 2.68 bits per heavy atom. The highest BCUT2D eigenvalue weighted by molar-refractivity contribution is 7.13. The number of hydrogen-bond acceptors (Lipinski definition) is 6. The quantitative estimate of drug-likeness (QED) is 0.666. The largest absolute Gasteiger partial charge is 0.451 e. The number of nitrogens with one attached hydrogen (secondary N) is 1. The lowest BCUT2D eigenvalue weighted by molar-refractivity contribution is -0.124. The number of aromatic nitrogens is 1. The molecule has 0 bridgehead atoms. The lowest BCUT2D eigenvalue weighted by Crippen LogP contribution is -2.30. The second-order valence-corrected chi connectivity index (χ2v) is 7.12. The summed E-state index contributed by atoms with van der Waals surface area (Å²) in [6.07, 6.45) is 0. The Morgan fingerprint density at radius 1 is 1.16 bits per heavy atom. The normalized spacial score (nSPS) is 11.7. The molecule has 1 aromatic carbocycles. The average molecular weight is 372 g/mol. The highest BCUT2D eigenvalue weighted by Crippen LogP contribution is 2.23. The third-order valence-electron chi connectivity index (χ3n) is 3.42. The molecule has 0 radical (unpaired) electrons. The van der Waals surface area contributed by atoms with Crippen molar-refractivity contribution in [1.82, 2.24) is 10.3 Å². The Kier molecular flexibility index (Phi) is 5.57. The SMILES string of the molecule is C[C@@H](NC(=O)COC(=O)c1csc(-c2ccccc2)n1)c1cccs1. The van der Waals surface area contributed by atoms with E-state index in [-0.39, 0.29) is 24.2 Å². The van der Waals surface area contributed by atoms with Crippen LogP contribution in [0.15, 0.2) is 53.2 Å². The van der Waals surface area contributed by atoms with Crippen LogP contribution >= 0.6 is 22.7 Å². The van der Waals surface area contributed by atoms with E-state index < -0.39 is 5.97 Å². The van der Waals surface area contributed by atoms with E-state index in [9.17, 15) is 9.59 Å². The summed E-state index contributed by atoms with van der Waals surface area (Å²) in [6, 6.07) is 13.3. The first kappa shape index (κ1) is 17.3. The molecular weight excluding hydrogens is 356 g/mol. The Morgan fingerprint density at radius 2 is 1.96 bits per heavy atom. The molecule has 0 aliphatic rings. The van der Waals surface area contributed by atoms with Crippen LogP contribution in [-0.4, -0.2) is 23.5 Å². The van der Waals surface area contributed by atoms with Crippen molar-refractivity contribution in [3.63, 3.8) is 0 Å². The van der Waals surface area contributed by atoms with E-state index >= 15 is 0 Å². The van der Waals surface area contributed by atoms with Gasteiger partial charge in [-0.15, -0.1) is 22.7 Å². The van der Waals surface area contributed by atoms with Gasteiger partial charge < -0.3 is 10.1 Å². The molecule has 2 aromatic heterocycles. The topological polar surface area (TPSA) is 68.3 Å². The second-order valence-electron chi connectivity index (χ2n) is 5.28. The molecule has 0 unspecified atom stereocenters. The average Bonchev–Trinajstić information content (AvgIpc) is 3.32. The van der Waals surface area contributed by atoms with Gasteiger partial charge in [0, 0.05) is 15.8 Å². The van der Waals surface area contributed by atoms with E-state index in [1.165, 1.54) is 11.3 Å². The summed E-state index contributed by atoms with van der Waals surface area (Å²) in [7, 11) is 0. The van der Waals surface area contributed by atoms with E-state index in [4.69, 9.17) is 4.74 Å². The molecule has 25 heavy (non-hydrogen) atoms. The number of thiophene rings is 1. The van der Waals surface area contributed by atoms with Crippen LogP contribution in [0.2, 0.25) is 0 Å². The molecule has 1 amide bonds. The lowest BCUT2D eigenvalue weighted by Gasteiger charge is -2.11. The molecule has 7 heteroatoms. The monoisotopic (exact) mass is 372 g/mol. The number of esters is 1. The molecule has 1 atom stereocenters. The lowest BCUT2D eigenvalue weighted by atomic mass is 10.2. The molecule has 0 fully saturated rings. The summed E-state index contributed by atoms with van der Waals surface area (Å²) in [6.45, 7) is 1.56. The van der Waals surface area contributed by atoms with Crippen molar-refractivity contribution in [1.29, 1.82) is 0 Å². The molecule has 0 aliphatic heterocycles. The summed E-state index contributed by atoms with van der Waals surface area (Å²) < 4.78 is 5.05. The Labute approximate surface area is 153 Å². The zero-order valence-electron chi connectivity index (χ0n) is 13.5. The summed E-state index contributed by atoms with van der Waals surface area (Å²) in [5.41, 5.74) is 1.15. The first-order valence-corrected chi connectivity index (χ1v) is 9.40. The number of amides is 1. The van der Waals surface area contributed by atoms with E-state index in [0.29, 0.717) is 0 Å². The van der Waals surface area contributed by atoms with Crippen LogP contribution in [0.4, 0.5) is 0 Å². The van der Waals surface area contributed by atoms with Gasteiger partial charge in [-0.3, -0.25) is 4.79 Å². The van der Waals surface area contributed by atoms with Gasteiger partial charge in [0.05, 0.1) is 6.04 Å². The molecule has 0 saturated carbocycles. The van der Waals surface area contributed by atoms with Crippen LogP contribution in [0, 0.1) is 0 Å². The summed E-state index contributed by atoms with van der Waals surface area (Å²) in [5.74, 6) is -0.940. The molecule has 0 saturated heterocycles. The highest BCUT2D eigenvalue weighted by atomic mass is 32.1. The molecule has 2 heterocycles. The van der Waals surface area contributed by atoms with Crippen LogP contribution in [0.1, 0.15) is 28.3 Å². The van der Waals surface area contributed by atoms with Crippen LogP contribution in [-0.2, 0) is 9.53 Å². The number of nitrogens with zero attached hydrogens (tertiary/aromatic N) is 1. The van der Waals surface area contributed by atoms with Gasteiger partial charge in [-0.05, 0) is 18.4 Å².